The summed E-state index contributed by atoms with van der Waals surface area (Å²) in [4.78, 5) is 9.87. The monoisotopic (exact) mass is 166 g/mol. The van der Waals surface area contributed by atoms with Crippen LogP contribution in [0.15, 0.2) is 18.2 Å². The molecule has 0 atom stereocenters. The Labute approximate surface area is 69.6 Å². The smallest absolute Gasteiger partial charge is 0.275 e. The number of aliphatic hydroxyl groups excluding tert-OH is 1. The minimum Gasteiger partial charge on any atom is -0.391 e. The van der Waals surface area contributed by atoms with Crippen LogP contribution in [-0.2, 0) is 6.61 Å². The third-order valence-electron chi connectivity index (χ3n) is 1.52. The first-order valence-electron chi connectivity index (χ1n) is 3.35. The molecule has 4 heteroatoms. The molecule has 4 nitrogen and oxygen atoms in total. The van der Waals surface area contributed by atoms with Gasteiger partial charge >= 0.3 is 0 Å². The van der Waals surface area contributed by atoms with Crippen LogP contribution < -0.4 is 0 Å². The van der Waals surface area contributed by atoms with E-state index >= 15 is 0 Å². The quantitative estimate of drug-likeness (QED) is 0.531. The maximum Gasteiger partial charge on any atom is 0.275 e. The summed E-state index contributed by atoms with van der Waals surface area (Å²) >= 11 is 0. The number of hydrogen-bond acceptors (Lipinski definition) is 3. The molecule has 0 aromatic heterocycles. The van der Waals surface area contributed by atoms with Crippen molar-refractivity contribution in [3.05, 3.63) is 46.4 Å². The Hall–Kier alpha value is -1.42. The van der Waals surface area contributed by atoms with Gasteiger partial charge in [-0.25, -0.2) is 0 Å². The van der Waals surface area contributed by atoms with E-state index in [1.165, 1.54) is 12.1 Å². The average molecular weight is 166 g/mol. The van der Waals surface area contributed by atoms with Crippen LogP contribution in [0.4, 0.5) is 5.69 Å². The molecule has 0 spiro atoms. The van der Waals surface area contributed by atoms with E-state index in [1.807, 2.05) is 0 Å². The van der Waals surface area contributed by atoms with E-state index in [1.54, 1.807) is 6.07 Å². The molecule has 0 fully saturated rings. The Kier molecular flexibility index (Phi) is 2.40. The normalized spacial score (nSPS) is 9.83. The van der Waals surface area contributed by atoms with E-state index in [2.05, 4.69) is 6.92 Å². The molecule has 0 aliphatic carbocycles. The summed E-state index contributed by atoms with van der Waals surface area (Å²) in [5.41, 5.74) is 0.802. The molecule has 12 heavy (non-hydrogen) atoms. The van der Waals surface area contributed by atoms with E-state index in [0.29, 0.717) is 11.1 Å². The predicted octanol–water partition coefficient (Wildman–Crippen LogP) is 1.27. The van der Waals surface area contributed by atoms with Gasteiger partial charge in [-0.3, -0.25) is 10.1 Å². The summed E-state index contributed by atoms with van der Waals surface area (Å²) in [7, 11) is 0. The molecule has 1 rings (SSSR count). The summed E-state index contributed by atoms with van der Waals surface area (Å²) in [5, 5.41) is 19.1. The molecule has 0 saturated heterocycles. The van der Waals surface area contributed by atoms with E-state index in [-0.39, 0.29) is 12.3 Å². The standard InChI is InChI=1S/C8H8NO3/c1-6-2-3-7(5-10)8(4-6)9(11)12/h2-4,10H,1,5H2. The molecule has 1 radical (unpaired) electrons. The van der Waals surface area contributed by atoms with Gasteiger partial charge in [-0.2, -0.15) is 0 Å². The molecule has 0 aliphatic rings. The van der Waals surface area contributed by atoms with Crippen molar-refractivity contribution in [3.8, 4) is 0 Å². The summed E-state index contributed by atoms with van der Waals surface area (Å²) < 4.78 is 0. The topological polar surface area (TPSA) is 63.4 Å². The van der Waals surface area contributed by atoms with Crippen LogP contribution >= 0.6 is 0 Å². The fraction of sp³-hybridized carbons (Fsp3) is 0.125. The molecular formula is C8H8NO3. The lowest BCUT2D eigenvalue weighted by atomic mass is 10.1. The van der Waals surface area contributed by atoms with Crippen LogP contribution in [0.25, 0.3) is 0 Å². The fourth-order valence-corrected chi connectivity index (χ4v) is 0.913. The summed E-state index contributed by atoms with van der Waals surface area (Å²) in [6.45, 7) is 3.23. The molecule has 0 aliphatic heterocycles. The van der Waals surface area contributed by atoms with Crippen LogP contribution in [-0.4, -0.2) is 10.0 Å². The molecule has 0 heterocycles. The molecule has 1 N–H and O–H groups in total. The van der Waals surface area contributed by atoms with Gasteiger partial charge in [0, 0.05) is 6.07 Å². The van der Waals surface area contributed by atoms with Crippen LogP contribution in [0.5, 0.6) is 0 Å². The predicted molar refractivity (Wildman–Crippen MR) is 43.5 cm³/mol. The Morgan fingerprint density at radius 2 is 2.25 bits per heavy atom. The molecule has 1 aromatic carbocycles. The van der Waals surface area contributed by atoms with Crippen LogP contribution in [0.2, 0.25) is 0 Å². The number of hydrogen-bond donors (Lipinski definition) is 1. The van der Waals surface area contributed by atoms with Gasteiger partial charge in [-0.15, -0.1) is 0 Å². The van der Waals surface area contributed by atoms with Gasteiger partial charge in [0.25, 0.3) is 5.69 Å². The summed E-state index contributed by atoms with van der Waals surface area (Å²) in [5.74, 6) is 0. The SMILES string of the molecule is [CH2]c1ccc(CO)c([N+](=O)[O-])c1. The van der Waals surface area contributed by atoms with Crippen molar-refractivity contribution in [3.63, 3.8) is 0 Å². The minimum atomic E-state index is -0.528. The highest BCUT2D eigenvalue weighted by Crippen LogP contribution is 2.19. The second-order valence-electron chi connectivity index (χ2n) is 2.38. The minimum absolute atomic E-state index is 0.0787. The zero-order valence-corrected chi connectivity index (χ0v) is 6.36. The van der Waals surface area contributed by atoms with Gasteiger partial charge < -0.3 is 5.11 Å². The lowest BCUT2D eigenvalue weighted by molar-refractivity contribution is -0.385. The van der Waals surface area contributed by atoms with Gasteiger partial charge in [-0.1, -0.05) is 6.07 Å². The number of nitrogens with zero attached hydrogens (tertiary/aromatic N) is 1. The zero-order valence-electron chi connectivity index (χ0n) is 6.36. The van der Waals surface area contributed by atoms with Crippen molar-refractivity contribution in [1.82, 2.24) is 0 Å². The number of benzene rings is 1. The maximum atomic E-state index is 10.4. The average Bonchev–Trinajstić information content (AvgIpc) is 2.04. The first-order chi connectivity index (χ1) is 5.65. The highest BCUT2D eigenvalue weighted by molar-refractivity contribution is 5.43. The van der Waals surface area contributed by atoms with Crippen molar-refractivity contribution in [1.29, 1.82) is 0 Å². The second-order valence-corrected chi connectivity index (χ2v) is 2.38. The fourth-order valence-electron chi connectivity index (χ4n) is 0.913. The Bertz CT molecular complexity index is 309. The van der Waals surface area contributed by atoms with Crippen molar-refractivity contribution >= 4 is 5.69 Å². The Balaban J connectivity index is 3.21. The van der Waals surface area contributed by atoms with Gasteiger partial charge in [-0.05, 0) is 18.6 Å². The van der Waals surface area contributed by atoms with E-state index in [0.717, 1.165) is 0 Å². The molecule has 0 amide bonds. The molecule has 0 saturated carbocycles. The van der Waals surface area contributed by atoms with Crippen molar-refractivity contribution in [2.24, 2.45) is 0 Å². The lowest BCUT2D eigenvalue weighted by Crippen LogP contribution is -1.95. The highest BCUT2D eigenvalue weighted by Gasteiger charge is 2.11. The van der Waals surface area contributed by atoms with E-state index in [4.69, 9.17) is 5.11 Å². The van der Waals surface area contributed by atoms with Gasteiger partial charge in [0.2, 0.25) is 0 Å². The second kappa shape index (κ2) is 3.32. The van der Waals surface area contributed by atoms with E-state index < -0.39 is 4.92 Å². The molecule has 0 bridgehead atoms. The first kappa shape index (κ1) is 8.67. The van der Waals surface area contributed by atoms with E-state index in [9.17, 15) is 10.1 Å². The van der Waals surface area contributed by atoms with Gasteiger partial charge in [0.1, 0.15) is 0 Å². The van der Waals surface area contributed by atoms with Crippen molar-refractivity contribution < 1.29 is 10.0 Å². The maximum absolute atomic E-state index is 10.4. The number of rotatable bonds is 2. The summed E-state index contributed by atoms with van der Waals surface area (Å²) in [6.07, 6.45) is 0. The molecule has 63 valence electrons. The van der Waals surface area contributed by atoms with Gasteiger partial charge in [0.15, 0.2) is 0 Å². The molecule has 0 unspecified atom stereocenters. The molecule has 1 aromatic rings. The third kappa shape index (κ3) is 1.60. The number of aliphatic hydroxyl groups is 1. The van der Waals surface area contributed by atoms with Gasteiger partial charge in [0.05, 0.1) is 17.1 Å². The Morgan fingerprint density at radius 3 is 2.75 bits per heavy atom. The first-order valence-corrected chi connectivity index (χ1v) is 3.35. The van der Waals surface area contributed by atoms with Crippen molar-refractivity contribution in [2.75, 3.05) is 0 Å². The lowest BCUT2D eigenvalue weighted by Gasteiger charge is -1.99. The largest absolute Gasteiger partial charge is 0.391 e. The number of nitro groups is 1. The van der Waals surface area contributed by atoms with Crippen LogP contribution in [0.1, 0.15) is 11.1 Å². The third-order valence-corrected chi connectivity index (χ3v) is 1.52. The summed E-state index contributed by atoms with van der Waals surface area (Å²) in [6, 6.07) is 4.46. The van der Waals surface area contributed by atoms with Crippen molar-refractivity contribution in [2.45, 2.75) is 6.61 Å². The van der Waals surface area contributed by atoms with Crippen LogP contribution in [0.3, 0.4) is 0 Å². The zero-order chi connectivity index (χ0) is 9.14. The highest BCUT2D eigenvalue weighted by atomic mass is 16.6. The molecular weight excluding hydrogens is 158 g/mol. The van der Waals surface area contributed by atoms with Crippen LogP contribution in [0, 0.1) is 17.0 Å². The Morgan fingerprint density at radius 1 is 1.58 bits per heavy atom. The number of nitro benzene ring substituents is 1.